The molecule has 130 valence electrons. The van der Waals surface area contributed by atoms with Crippen molar-refractivity contribution in [3.8, 4) is 5.69 Å². The van der Waals surface area contributed by atoms with E-state index >= 15 is 0 Å². The fraction of sp³-hybridized carbons (Fsp3) is 0.278. The van der Waals surface area contributed by atoms with Crippen LogP contribution in [0.25, 0.3) is 16.6 Å². The summed E-state index contributed by atoms with van der Waals surface area (Å²) < 4.78 is 15.7. The Morgan fingerprint density at radius 3 is 2.84 bits per heavy atom. The van der Waals surface area contributed by atoms with E-state index in [2.05, 4.69) is 41.9 Å². The van der Waals surface area contributed by atoms with E-state index in [9.17, 15) is 9.18 Å². The fourth-order valence-electron chi connectivity index (χ4n) is 2.63. The zero-order chi connectivity index (χ0) is 18.0. The Morgan fingerprint density at radius 1 is 1.36 bits per heavy atom. The summed E-state index contributed by atoms with van der Waals surface area (Å²) in [6.07, 6.45) is 5.65. The maximum atomic E-state index is 14.2. The first-order chi connectivity index (χ1) is 12.0. The van der Waals surface area contributed by atoms with Gasteiger partial charge < -0.3 is 5.32 Å². The standard InChI is InChI=1S/C18H19FN4OS/c1-11(2)8-16(25)21-18(24)13-5-6-15(19)17-14(13)10-23(22-17)12-4-3-7-20-9-12/h3-7,9-11,16,25H,8H2,1-2H3,(H,21,24). The molecule has 0 aliphatic rings. The number of rotatable bonds is 5. The Balaban J connectivity index is 1.97. The van der Waals surface area contributed by atoms with E-state index in [0.29, 0.717) is 22.6 Å². The molecule has 1 unspecified atom stereocenters. The van der Waals surface area contributed by atoms with Gasteiger partial charge in [0.15, 0.2) is 5.82 Å². The van der Waals surface area contributed by atoms with Crippen LogP contribution in [0.4, 0.5) is 4.39 Å². The van der Waals surface area contributed by atoms with Crippen LogP contribution in [-0.4, -0.2) is 26.0 Å². The zero-order valence-electron chi connectivity index (χ0n) is 14.0. The van der Waals surface area contributed by atoms with Gasteiger partial charge >= 0.3 is 0 Å². The zero-order valence-corrected chi connectivity index (χ0v) is 14.9. The van der Waals surface area contributed by atoms with Crippen LogP contribution in [0, 0.1) is 11.7 Å². The molecule has 1 aromatic carbocycles. The molecule has 5 nitrogen and oxygen atoms in total. The maximum Gasteiger partial charge on any atom is 0.252 e. The average molecular weight is 358 g/mol. The van der Waals surface area contributed by atoms with Crippen LogP contribution in [0.3, 0.4) is 0 Å². The topological polar surface area (TPSA) is 59.8 Å². The van der Waals surface area contributed by atoms with Crippen molar-refractivity contribution < 1.29 is 9.18 Å². The summed E-state index contributed by atoms with van der Waals surface area (Å²) in [4.78, 5) is 16.6. The molecule has 7 heteroatoms. The minimum Gasteiger partial charge on any atom is -0.341 e. The number of amides is 1. The molecule has 0 radical (unpaired) electrons. The van der Waals surface area contributed by atoms with Crippen molar-refractivity contribution in [2.75, 3.05) is 0 Å². The lowest BCUT2D eigenvalue weighted by Crippen LogP contribution is -2.32. The molecule has 1 atom stereocenters. The highest BCUT2D eigenvalue weighted by molar-refractivity contribution is 7.80. The molecule has 3 aromatic rings. The molecular formula is C18H19FN4OS. The van der Waals surface area contributed by atoms with Gasteiger partial charge in [0.1, 0.15) is 5.52 Å². The van der Waals surface area contributed by atoms with Crippen LogP contribution in [-0.2, 0) is 0 Å². The summed E-state index contributed by atoms with van der Waals surface area (Å²) in [5.41, 5.74) is 1.21. The monoisotopic (exact) mass is 358 g/mol. The number of nitrogens with zero attached hydrogens (tertiary/aromatic N) is 3. The fourth-order valence-corrected chi connectivity index (χ4v) is 3.17. The number of fused-ring (bicyclic) bond motifs is 1. The second-order valence-electron chi connectivity index (χ2n) is 6.26. The van der Waals surface area contributed by atoms with Crippen LogP contribution in [0.15, 0.2) is 42.9 Å². The van der Waals surface area contributed by atoms with Gasteiger partial charge in [-0.1, -0.05) is 13.8 Å². The molecule has 2 heterocycles. The molecule has 0 bridgehead atoms. The maximum absolute atomic E-state index is 14.2. The number of hydrogen-bond acceptors (Lipinski definition) is 4. The first kappa shape index (κ1) is 17.4. The molecule has 0 saturated heterocycles. The van der Waals surface area contributed by atoms with Crippen molar-refractivity contribution in [3.05, 3.63) is 54.2 Å². The number of nitrogens with one attached hydrogen (secondary N) is 1. The quantitative estimate of drug-likeness (QED) is 0.541. The van der Waals surface area contributed by atoms with Gasteiger partial charge in [0.25, 0.3) is 5.91 Å². The second kappa shape index (κ2) is 7.23. The van der Waals surface area contributed by atoms with E-state index in [1.807, 2.05) is 6.07 Å². The Kier molecular flexibility index (Phi) is 5.03. The van der Waals surface area contributed by atoms with Gasteiger partial charge in [-0.05, 0) is 36.6 Å². The van der Waals surface area contributed by atoms with Crippen LogP contribution in [0.2, 0.25) is 0 Å². The van der Waals surface area contributed by atoms with Crippen LogP contribution in [0.1, 0.15) is 30.6 Å². The first-order valence-electron chi connectivity index (χ1n) is 8.03. The number of pyridine rings is 1. The molecule has 1 amide bonds. The van der Waals surface area contributed by atoms with Gasteiger partial charge in [-0.25, -0.2) is 9.07 Å². The molecule has 0 spiro atoms. The number of hydrogen-bond donors (Lipinski definition) is 2. The van der Waals surface area contributed by atoms with E-state index in [0.717, 1.165) is 6.42 Å². The van der Waals surface area contributed by atoms with Gasteiger partial charge in [0.05, 0.1) is 22.8 Å². The second-order valence-corrected chi connectivity index (χ2v) is 6.88. The lowest BCUT2D eigenvalue weighted by atomic mass is 10.1. The predicted octanol–water partition coefficient (Wildman–Crippen LogP) is 3.59. The SMILES string of the molecule is CC(C)CC(S)NC(=O)c1ccc(F)c2nn(-c3cccnc3)cc12. The summed E-state index contributed by atoms with van der Waals surface area (Å²) >= 11 is 4.40. The summed E-state index contributed by atoms with van der Waals surface area (Å²) in [7, 11) is 0. The Labute approximate surface area is 150 Å². The smallest absolute Gasteiger partial charge is 0.252 e. The van der Waals surface area contributed by atoms with E-state index in [1.54, 1.807) is 24.7 Å². The van der Waals surface area contributed by atoms with Gasteiger partial charge in [-0.3, -0.25) is 9.78 Å². The highest BCUT2D eigenvalue weighted by Gasteiger charge is 2.18. The molecule has 0 aliphatic heterocycles. The van der Waals surface area contributed by atoms with Crippen molar-refractivity contribution in [2.45, 2.75) is 25.6 Å². The molecule has 0 aliphatic carbocycles. The van der Waals surface area contributed by atoms with E-state index in [4.69, 9.17) is 0 Å². The Morgan fingerprint density at radius 2 is 2.16 bits per heavy atom. The summed E-state index contributed by atoms with van der Waals surface area (Å²) in [5.74, 6) is -0.362. The third kappa shape index (κ3) is 3.82. The molecule has 3 rings (SSSR count). The number of carbonyl (C=O) groups excluding carboxylic acids is 1. The normalized spacial score (nSPS) is 12.5. The van der Waals surface area contributed by atoms with Crippen molar-refractivity contribution in [3.63, 3.8) is 0 Å². The van der Waals surface area contributed by atoms with Crippen LogP contribution < -0.4 is 5.32 Å². The minimum atomic E-state index is -0.473. The number of carbonyl (C=O) groups is 1. The van der Waals surface area contributed by atoms with Gasteiger partial charge in [-0.2, -0.15) is 17.7 Å². The Hall–Kier alpha value is -2.41. The first-order valence-corrected chi connectivity index (χ1v) is 8.54. The highest BCUT2D eigenvalue weighted by atomic mass is 32.1. The van der Waals surface area contributed by atoms with Crippen LogP contribution in [0.5, 0.6) is 0 Å². The largest absolute Gasteiger partial charge is 0.341 e. The predicted molar refractivity (Wildman–Crippen MR) is 98.5 cm³/mol. The van der Waals surface area contributed by atoms with Crippen molar-refractivity contribution in [2.24, 2.45) is 5.92 Å². The van der Waals surface area contributed by atoms with Gasteiger partial charge in [0.2, 0.25) is 0 Å². The van der Waals surface area contributed by atoms with Crippen molar-refractivity contribution >= 4 is 29.4 Å². The van der Waals surface area contributed by atoms with E-state index in [1.165, 1.54) is 16.8 Å². The summed E-state index contributed by atoms with van der Waals surface area (Å²) in [5, 5.41) is 7.28. The molecule has 1 N–H and O–H groups in total. The molecule has 25 heavy (non-hydrogen) atoms. The van der Waals surface area contributed by atoms with Crippen molar-refractivity contribution in [1.82, 2.24) is 20.1 Å². The number of thiol groups is 1. The summed E-state index contributed by atoms with van der Waals surface area (Å²) in [6, 6.07) is 6.30. The van der Waals surface area contributed by atoms with E-state index in [-0.39, 0.29) is 16.8 Å². The molecule has 0 fully saturated rings. The minimum absolute atomic E-state index is 0.149. The molecule has 0 saturated carbocycles. The third-order valence-electron chi connectivity index (χ3n) is 3.77. The third-order valence-corrected chi connectivity index (χ3v) is 4.11. The van der Waals surface area contributed by atoms with E-state index < -0.39 is 5.82 Å². The summed E-state index contributed by atoms with van der Waals surface area (Å²) in [6.45, 7) is 4.12. The number of aromatic nitrogens is 3. The van der Waals surface area contributed by atoms with Gasteiger partial charge in [0, 0.05) is 17.8 Å². The van der Waals surface area contributed by atoms with Crippen LogP contribution >= 0.6 is 12.6 Å². The lowest BCUT2D eigenvalue weighted by molar-refractivity contribution is 0.0949. The lowest BCUT2D eigenvalue weighted by Gasteiger charge is -2.15. The molecule has 2 aromatic heterocycles. The average Bonchev–Trinajstić information content (AvgIpc) is 3.01. The van der Waals surface area contributed by atoms with Gasteiger partial charge in [-0.15, -0.1) is 0 Å². The van der Waals surface area contributed by atoms with Crippen molar-refractivity contribution in [1.29, 1.82) is 0 Å². The number of halogens is 1. The number of benzene rings is 1. The highest BCUT2D eigenvalue weighted by Crippen LogP contribution is 2.23. The Bertz CT molecular complexity index is 895. The molecular weight excluding hydrogens is 339 g/mol.